The van der Waals surface area contributed by atoms with E-state index in [1.165, 1.54) is 12.1 Å². The maximum Gasteiger partial charge on any atom is 0.335 e. The normalized spacial score (nSPS) is 15.9. The largest absolute Gasteiger partial charge is 0.478 e. The highest BCUT2D eigenvalue weighted by atomic mass is 79.9. The number of halogens is 1. The Balaban J connectivity index is 2.24. The third kappa shape index (κ3) is 3.73. The number of carbonyl (C=O) groups is 2. The van der Waals surface area contributed by atoms with Gasteiger partial charge < -0.3 is 10.0 Å². The average molecular weight is 344 g/mol. The van der Waals surface area contributed by atoms with Crippen LogP contribution in [0.15, 0.2) is 22.7 Å². The van der Waals surface area contributed by atoms with E-state index in [2.05, 4.69) is 15.9 Å². The summed E-state index contributed by atoms with van der Waals surface area (Å²) in [7, 11) is 0. The van der Waals surface area contributed by atoms with E-state index in [1.54, 1.807) is 11.0 Å². The number of hydrogen-bond donors (Lipinski definition) is 1. The van der Waals surface area contributed by atoms with Gasteiger partial charge in [-0.25, -0.2) is 4.79 Å². The lowest BCUT2D eigenvalue weighted by Gasteiger charge is -2.20. The fourth-order valence-corrected chi connectivity index (χ4v) is 3.35. The van der Waals surface area contributed by atoms with Gasteiger partial charge in [0.15, 0.2) is 0 Å². The number of carboxylic acids is 1. The maximum absolute atomic E-state index is 12.4. The van der Waals surface area contributed by atoms with Gasteiger partial charge in [-0.05, 0) is 30.4 Å². The molecule has 102 valence electrons. The van der Waals surface area contributed by atoms with E-state index in [9.17, 15) is 9.59 Å². The number of nitrogens with zero attached hydrogens (tertiary/aromatic N) is 1. The van der Waals surface area contributed by atoms with Gasteiger partial charge in [-0.15, -0.1) is 0 Å². The van der Waals surface area contributed by atoms with Crippen LogP contribution in [0.3, 0.4) is 0 Å². The van der Waals surface area contributed by atoms with Crippen molar-refractivity contribution in [1.29, 1.82) is 0 Å². The Kier molecular flexibility index (Phi) is 4.87. The van der Waals surface area contributed by atoms with Crippen molar-refractivity contribution in [3.8, 4) is 0 Å². The van der Waals surface area contributed by atoms with Gasteiger partial charge in [0.1, 0.15) is 0 Å². The van der Waals surface area contributed by atoms with Gasteiger partial charge in [0.2, 0.25) is 0 Å². The molecule has 1 fully saturated rings. The fraction of sp³-hybridized carbons (Fsp3) is 0.385. The number of benzene rings is 1. The van der Waals surface area contributed by atoms with E-state index in [4.69, 9.17) is 5.11 Å². The number of aromatic carboxylic acids is 1. The van der Waals surface area contributed by atoms with Crippen LogP contribution >= 0.6 is 27.7 Å². The molecule has 1 aliphatic heterocycles. The van der Waals surface area contributed by atoms with Gasteiger partial charge in [-0.1, -0.05) is 15.9 Å². The van der Waals surface area contributed by atoms with E-state index in [1.807, 2.05) is 11.8 Å². The molecule has 1 aromatic carbocycles. The molecule has 0 radical (unpaired) electrons. The minimum Gasteiger partial charge on any atom is -0.478 e. The first-order valence-corrected chi connectivity index (χ1v) is 7.93. The Morgan fingerprint density at radius 3 is 2.63 bits per heavy atom. The lowest BCUT2D eigenvalue weighted by Crippen LogP contribution is -2.33. The molecule has 1 heterocycles. The predicted octanol–water partition coefficient (Wildman–Crippen LogP) is 2.73. The average Bonchev–Trinajstić information content (AvgIpc) is 2.65. The van der Waals surface area contributed by atoms with Gasteiger partial charge in [-0.3, -0.25) is 4.79 Å². The van der Waals surface area contributed by atoms with Gasteiger partial charge in [0.25, 0.3) is 5.91 Å². The molecule has 1 saturated heterocycles. The summed E-state index contributed by atoms with van der Waals surface area (Å²) in [5, 5.41) is 9.02. The summed E-state index contributed by atoms with van der Waals surface area (Å²) < 4.78 is 0.611. The standard InChI is InChI=1S/C13H14BrNO3S/c14-11-7-9(6-10(8-11)13(17)18)12(16)15-2-1-4-19-5-3-15/h6-8H,1-5H2,(H,17,18). The summed E-state index contributed by atoms with van der Waals surface area (Å²) in [6.45, 7) is 1.46. The van der Waals surface area contributed by atoms with E-state index in [-0.39, 0.29) is 11.5 Å². The molecule has 0 saturated carbocycles. The molecule has 2 rings (SSSR count). The summed E-state index contributed by atoms with van der Waals surface area (Å²) >= 11 is 5.10. The Hall–Kier alpha value is -1.01. The van der Waals surface area contributed by atoms with Gasteiger partial charge in [-0.2, -0.15) is 11.8 Å². The minimum absolute atomic E-state index is 0.0914. The zero-order valence-corrected chi connectivity index (χ0v) is 12.7. The van der Waals surface area contributed by atoms with E-state index < -0.39 is 5.97 Å². The second-order valence-corrected chi connectivity index (χ2v) is 6.43. The van der Waals surface area contributed by atoms with Crippen LogP contribution in [0.5, 0.6) is 0 Å². The van der Waals surface area contributed by atoms with Crippen molar-refractivity contribution in [2.75, 3.05) is 24.6 Å². The first-order valence-electron chi connectivity index (χ1n) is 5.99. The first-order chi connectivity index (χ1) is 9.08. The Labute approximate surface area is 124 Å². The van der Waals surface area contributed by atoms with E-state index >= 15 is 0 Å². The van der Waals surface area contributed by atoms with Crippen LogP contribution in [0.2, 0.25) is 0 Å². The maximum atomic E-state index is 12.4. The minimum atomic E-state index is -1.03. The van der Waals surface area contributed by atoms with Crippen LogP contribution in [0.1, 0.15) is 27.1 Å². The van der Waals surface area contributed by atoms with Crippen molar-refractivity contribution in [2.45, 2.75) is 6.42 Å². The molecule has 0 aromatic heterocycles. The van der Waals surface area contributed by atoms with Crippen LogP contribution in [-0.2, 0) is 0 Å². The lowest BCUT2D eigenvalue weighted by molar-refractivity contribution is 0.0697. The molecule has 19 heavy (non-hydrogen) atoms. The predicted molar refractivity (Wildman–Crippen MR) is 78.9 cm³/mol. The monoisotopic (exact) mass is 343 g/mol. The van der Waals surface area contributed by atoms with Crippen LogP contribution in [0.4, 0.5) is 0 Å². The summed E-state index contributed by atoms with van der Waals surface area (Å²) in [5.74, 6) is 0.891. The third-order valence-electron chi connectivity index (χ3n) is 2.90. The van der Waals surface area contributed by atoms with Crippen molar-refractivity contribution >= 4 is 39.6 Å². The molecule has 0 unspecified atom stereocenters. The molecule has 0 atom stereocenters. The zero-order chi connectivity index (χ0) is 13.8. The number of hydrogen-bond acceptors (Lipinski definition) is 3. The van der Waals surface area contributed by atoms with Crippen LogP contribution in [0.25, 0.3) is 0 Å². The number of rotatable bonds is 2. The molecule has 6 heteroatoms. The summed E-state index contributed by atoms with van der Waals surface area (Å²) in [6.07, 6.45) is 0.982. The lowest BCUT2D eigenvalue weighted by atomic mass is 10.1. The third-order valence-corrected chi connectivity index (χ3v) is 4.41. The molecular weight excluding hydrogens is 330 g/mol. The SMILES string of the molecule is O=C(O)c1cc(Br)cc(C(=O)N2CCCSCC2)c1. The fourth-order valence-electron chi connectivity index (χ4n) is 1.97. The molecule has 1 aromatic rings. The number of thioether (sulfide) groups is 1. The van der Waals surface area contributed by atoms with Crippen molar-refractivity contribution in [3.05, 3.63) is 33.8 Å². The second-order valence-electron chi connectivity index (χ2n) is 4.29. The molecule has 1 amide bonds. The van der Waals surface area contributed by atoms with Gasteiger partial charge in [0, 0.05) is 28.9 Å². The number of carbonyl (C=O) groups excluding carboxylic acids is 1. The highest BCUT2D eigenvalue weighted by Crippen LogP contribution is 2.19. The highest BCUT2D eigenvalue weighted by Gasteiger charge is 2.19. The Bertz CT molecular complexity index is 499. The number of carboxylic acid groups (broad SMARTS) is 1. The van der Waals surface area contributed by atoms with Crippen LogP contribution < -0.4 is 0 Å². The summed E-state index contributed by atoms with van der Waals surface area (Å²) in [5.41, 5.74) is 0.556. The Morgan fingerprint density at radius 2 is 1.89 bits per heavy atom. The molecule has 0 spiro atoms. The van der Waals surface area contributed by atoms with Crippen LogP contribution in [-0.4, -0.2) is 46.5 Å². The summed E-state index contributed by atoms with van der Waals surface area (Å²) in [4.78, 5) is 25.2. The molecular formula is C13H14BrNO3S. The number of amides is 1. The topological polar surface area (TPSA) is 57.6 Å². The van der Waals surface area contributed by atoms with Crippen molar-refractivity contribution in [1.82, 2.24) is 4.90 Å². The van der Waals surface area contributed by atoms with Crippen molar-refractivity contribution in [2.24, 2.45) is 0 Å². The van der Waals surface area contributed by atoms with Crippen molar-refractivity contribution in [3.63, 3.8) is 0 Å². The highest BCUT2D eigenvalue weighted by molar-refractivity contribution is 9.10. The quantitative estimate of drug-likeness (QED) is 0.896. The first kappa shape index (κ1) is 14.4. The van der Waals surface area contributed by atoms with Crippen LogP contribution in [0, 0.1) is 0 Å². The molecule has 0 aliphatic carbocycles. The van der Waals surface area contributed by atoms with Gasteiger partial charge in [0.05, 0.1) is 5.56 Å². The van der Waals surface area contributed by atoms with Gasteiger partial charge >= 0.3 is 5.97 Å². The second kappa shape index (κ2) is 6.43. The van der Waals surface area contributed by atoms with E-state index in [0.717, 1.165) is 31.0 Å². The molecule has 0 bridgehead atoms. The summed E-state index contributed by atoms with van der Waals surface area (Å²) in [6, 6.07) is 4.61. The van der Waals surface area contributed by atoms with Crippen molar-refractivity contribution < 1.29 is 14.7 Å². The molecule has 4 nitrogen and oxygen atoms in total. The Morgan fingerprint density at radius 1 is 1.16 bits per heavy atom. The molecule has 1 N–H and O–H groups in total. The molecule has 1 aliphatic rings. The zero-order valence-electron chi connectivity index (χ0n) is 10.3. The smallest absolute Gasteiger partial charge is 0.335 e. The van der Waals surface area contributed by atoms with E-state index in [0.29, 0.717) is 10.0 Å².